The van der Waals surface area contributed by atoms with Gasteiger partial charge >= 0.3 is 0 Å². The van der Waals surface area contributed by atoms with Gasteiger partial charge in [-0.1, -0.05) is 0 Å². The van der Waals surface area contributed by atoms with Crippen molar-refractivity contribution in [2.24, 2.45) is 0 Å². The van der Waals surface area contributed by atoms with Crippen LogP contribution in [-0.4, -0.2) is 33.5 Å². The van der Waals surface area contributed by atoms with Gasteiger partial charge in [-0.3, -0.25) is 4.98 Å². The molecule has 2 rings (SSSR count). The number of aromatic nitrogens is 2. The minimum absolute atomic E-state index is 0.0914. The number of hydrogen-bond acceptors (Lipinski definition) is 5. The van der Waals surface area contributed by atoms with Crippen LogP contribution in [-0.2, 0) is 6.54 Å². The molecule has 1 fully saturated rings. The van der Waals surface area contributed by atoms with Crippen molar-refractivity contribution in [2.75, 3.05) is 6.26 Å². The van der Waals surface area contributed by atoms with E-state index in [1.807, 2.05) is 6.26 Å². The molecule has 1 aliphatic rings. The van der Waals surface area contributed by atoms with Crippen molar-refractivity contribution in [2.45, 2.75) is 49.4 Å². The Morgan fingerprint density at radius 2 is 2.00 bits per heavy atom. The third-order valence-corrected chi connectivity index (χ3v) is 3.91. The van der Waals surface area contributed by atoms with Gasteiger partial charge in [-0.25, -0.2) is 4.98 Å². The van der Waals surface area contributed by atoms with Crippen LogP contribution in [0.3, 0.4) is 0 Å². The highest BCUT2D eigenvalue weighted by atomic mass is 32.2. The van der Waals surface area contributed by atoms with Crippen LogP contribution in [0.2, 0.25) is 0 Å². The van der Waals surface area contributed by atoms with E-state index in [9.17, 15) is 5.11 Å². The standard InChI is InChI=1S/C12H19N3OS/c1-17-12-11(13-6-7-14-12)8-15-9-2-4-10(16)5-3-9/h6-7,9-10,15-16H,2-5,8H2,1H3. The van der Waals surface area contributed by atoms with Gasteiger partial charge in [0.25, 0.3) is 0 Å². The molecule has 94 valence electrons. The quantitative estimate of drug-likeness (QED) is 0.798. The number of nitrogens with one attached hydrogen (secondary N) is 1. The highest BCUT2D eigenvalue weighted by Gasteiger charge is 2.19. The molecule has 1 aromatic heterocycles. The van der Waals surface area contributed by atoms with Gasteiger partial charge in [0.05, 0.1) is 11.8 Å². The molecule has 5 heteroatoms. The molecule has 1 aliphatic carbocycles. The molecule has 0 unspecified atom stereocenters. The zero-order chi connectivity index (χ0) is 12.1. The maximum atomic E-state index is 9.44. The molecule has 2 N–H and O–H groups in total. The molecular weight excluding hydrogens is 234 g/mol. The molecule has 0 amide bonds. The highest BCUT2D eigenvalue weighted by Crippen LogP contribution is 2.19. The Bertz CT molecular complexity index is 353. The summed E-state index contributed by atoms with van der Waals surface area (Å²) in [6, 6.07) is 0.509. The van der Waals surface area contributed by atoms with Crippen molar-refractivity contribution < 1.29 is 5.11 Å². The predicted molar refractivity (Wildman–Crippen MR) is 68.9 cm³/mol. The Hall–Kier alpha value is -0.650. The molecule has 1 aromatic rings. The largest absolute Gasteiger partial charge is 0.393 e. The summed E-state index contributed by atoms with van der Waals surface area (Å²) in [4.78, 5) is 8.65. The maximum absolute atomic E-state index is 9.44. The number of nitrogens with zero attached hydrogens (tertiary/aromatic N) is 2. The third kappa shape index (κ3) is 3.66. The average Bonchev–Trinajstić information content (AvgIpc) is 2.38. The summed E-state index contributed by atoms with van der Waals surface area (Å²) >= 11 is 1.63. The SMILES string of the molecule is CSc1nccnc1CNC1CCC(O)CC1. The van der Waals surface area contributed by atoms with E-state index >= 15 is 0 Å². The van der Waals surface area contributed by atoms with Crippen LogP contribution < -0.4 is 5.32 Å². The Labute approximate surface area is 106 Å². The smallest absolute Gasteiger partial charge is 0.119 e. The second-order valence-corrected chi connectivity index (χ2v) is 5.19. The molecule has 0 aliphatic heterocycles. The number of rotatable bonds is 4. The fourth-order valence-electron chi connectivity index (χ4n) is 2.17. The number of thioether (sulfide) groups is 1. The van der Waals surface area contributed by atoms with Crippen LogP contribution in [0.25, 0.3) is 0 Å². The van der Waals surface area contributed by atoms with Crippen LogP contribution in [0.15, 0.2) is 17.4 Å². The first kappa shape index (κ1) is 12.8. The Morgan fingerprint density at radius 1 is 1.29 bits per heavy atom. The van der Waals surface area contributed by atoms with Crippen LogP contribution in [0, 0.1) is 0 Å². The summed E-state index contributed by atoms with van der Waals surface area (Å²) < 4.78 is 0. The molecule has 0 bridgehead atoms. The van der Waals surface area contributed by atoms with E-state index < -0.39 is 0 Å². The molecule has 4 nitrogen and oxygen atoms in total. The van der Waals surface area contributed by atoms with E-state index in [4.69, 9.17) is 0 Å². The Balaban J connectivity index is 1.85. The fraction of sp³-hybridized carbons (Fsp3) is 0.667. The van der Waals surface area contributed by atoms with Crippen molar-refractivity contribution in [1.82, 2.24) is 15.3 Å². The Kier molecular flexibility index (Phi) is 4.76. The summed E-state index contributed by atoms with van der Waals surface area (Å²) in [5.74, 6) is 0. The van der Waals surface area contributed by atoms with Gasteiger partial charge in [0, 0.05) is 25.0 Å². The third-order valence-electron chi connectivity index (χ3n) is 3.18. The van der Waals surface area contributed by atoms with Gasteiger partial charge in [-0.2, -0.15) is 0 Å². The first-order valence-electron chi connectivity index (χ1n) is 6.05. The predicted octanol–water partition coefficient (Wildman–Crippen LogP) is 1.59. The van der Waals surface area contributed by atoms with Crippen LogP contribution in [0.1, 0.15) is 31.4 Å². The van der Waals surface area contributed by atoms with E-state index in [1.54, 1.807) is 24.2 Å². The zero-order valence-corrected chi connectivity index (χ0v) is 10.9. The van der Waals surface area contributed by atoms with Crippen molar-refractivity contribution >= 4 is 11.8 Å². The summed E-state index contributed by atoms with van der Waals surface area (Å²) in [7, 11) is 0. The molecule has 1 saturated carbocycles. The molecule has 1 heterocycles. The monoisotopic (exact) mass is 253 g/mol. The minimum atomic E-state index is -0.0914. The van der Waals surface area contributed by atoms with Crippen molar-refractivity contribution in [3.05, 3.63) is 18.1 Å². The summed E-state index contributed by atoms with van der Waals surface area (Å²) in [6.45, 7) is 0.769. The van der Waals surface area contributed by atoms with Crippen molar-refractivity contribution in [3.8, 4) is 0 Å². The first-order chi connectivity index (χ1) is 8.29. The lowest BCUT2D eigenvalue weighted by Crippen LogP contribution is -2.34. The van der Waals surface area contributed by atoms with Crippen molar-refractivity contribution in [1.29, 1.82) is 0 Å². The topological polar surface area (TPSA) is 58.0 Å². The molecule has 0 aromatic carbocycles. The Morgan fingerprint density at radius 3 is 2.71 bits per heavy atom. The number of aliphatic hydroxyl groups is 1. The lowest BCUT2D eigenvalue weighted by Gasteiger charge is -2.26. The number of aliphatic hydroxyl groups excluding tert-OH is 1. The highest BCUT2D eigenvalue weighted by molar-refractivity contribution is 7.98. The normalized spacial score (nSPS) is 24.8. The van der Waals surface area contributed by atoms with Crippen molar-refractivity contribution in [3.63, 3.8) is 0 Å². The first-order valence-corrected chi connectivity index (χ1v) is 7.27. The molecule has 0 radical (unpaired) electrons. The second-order valence-electron chi connectivity index (χ2n) is 4.40. The summed E-state index contributed by atoms with van der Waals surface area (Å²) in [5.41, 5.74) is 1.02. The molecule has 0 spiro atoms. The van der Waals surface area contributed by atoms with Gasteiger partial charge in [0.2, 0.25) is 0 Å². The van der Waals surface area contributed by atoms with E-state index in [0.29, 0.717) is 6.04 Å². The minimum Gasteiger partial charge on any atom is -0.393 e. The van der Waals surface area contributed by atoms with Crippen LogP contribution in [0.5, 0.6) is 0 Å². The fourth-order valence-corrected chi connectivity index (χ4v) is 2.69. The summed E-state index contributed by atoms with van der Waals surface area (Å²) in [5, 5.41) is 13.9. The van der Waals surface area contributed by atoms with Gasteiger partial charge in [0.1, 0.15) is 5.03 Å². The van der Waals surface area contributed by atoms with Gasteiger partial charge in [0.15, 0.2) is 0 Å². The van der Waals surface area contributed by atoms with Crippen LogP contribution >= 0.6 is 11.8 Å². The van der Waals surface area contributed by atoms with Gasteiger partial charge in [-0.05, 0) is 31.9 Å². The zero-order valence-electron chi connectivity index (χ0n) is 10.1. The summed E-state index contributed by atoms with van der Waals surface area (Å²) in [6.07, 6.45) is 9.32. The van der Waals surface area contributed by atoms with Crippen LogP contribution in [0.4, 0.5) is 0 Å². The maximum Gasteiger partial charge on any atom is 0.119 e. The van der Waals surface area contributed by atoms with E-state index in [-0.39, 0.29) is 6.10 Å². The van der Waals surface area contributed by atoms with E-state index in [2.05, 4.69) is 15.3 Å². The molecule has 0 atom stereocenters. The number of hydrogen-bond donors (Lipinski definition) is 2. The molecule has 0 saturated heterocycles. The van der Waals surface area contributed by atoms with Gasteiger partial charge in [-0.15, -0.1) is 11.8 Å². The van der Waals surface area contributed by atoms with Gasteiger partial charge < -0.3 is 10.4 Å². The lowest BCUT2D eigenvalue weighted by atomic mass is 9.93. The van der Waals surface area contributed by atoms with E-state index in [0.717, 1.165) is 42.9 Å². The lowest BCUT2D eigenvalue weighted by molar-refractivity contribution is 0.116. The average molecular weight is 253 g/mol. The van der Waals surface area contributed by atoms with E-state index in [1.165, 1.54) is 0 Å². The molecule has 17 heavy (non-hydrogen) atoms. The second kappa shape index (κ2) is 6.33. The molecular formula is C12H19N3OS.